The maximum absolute atomic E-state index is 4.65. The number of hydrogen-bond acceptors (Lipinski definition) is 6. The zero-order chi connectivity index (χ0) is 14.9. The zero-order valence-electron chi connectivity index (χ0n) is 11.9. The topological polar surface area (TPSA) is 73.8 Å². The normalized spacial score (nSPS) is 12.8. The predicted molar refractivity (Wildman–Crippen MR) is 81.7 cm³/mol. The van der Waals surface area contributed by atoms with Crippen LogP contribution < -0.4 is 0 Å². The van der Waals surface area contributed by atoms with E-state index in [1.807, 2.05) is 29.6 Å². The smallest absolute Gasteiger partial charge is 0.234 e. The van der Waals surface area contributed by atoms with Gasteiger partial charge in [-0.15, -0.1) is 10.2 Å². The summed E-state index contributed by atoms with van der Waals surface area (Å²) in [6.07, 6.45) is 3.93. The highest BCUT2D eigenvalue weighted by atomic mass is 32.1. The third-order valence-electron chi connectivity index (χ3n) is 3.47. The summed E-state index contributed by atoms with van der Waals surface area (Å²) in [6, 6.07) is 10.2. The van der Waals surface area contributed by atoms with E-state index < -0.39 is 0 Å². The highest BCUT2D eigenvalue weighted by Gasteiger charge is 2.17. The average Bonchev–Trinajstić information content (AvgIpc) is 3.26. The van der Waals surface area contributed by atoms with E-state index in [1.54, 1.807) is 11.0 Å². The lowest BCUT2D eigenvalue weighted by molar-refractivity contribution is 0.552. The van der Waals surface area contributed by atoms with Gasteiger partial charge in [-0.05, 0) is 12.5 Å². The second kappa shape index (κ2) is 5.30. The highest BCUT2D eigenvalue weighted by molar-refractivity contribution is 7.16. The molecule has 0 aliphatic rings. The minimum absolute atomic E-state index is 0.0266. The molecule has 0 radical (unpaired) electrons. The fraction of sp³-hybridized carbons (Fsp3) is 0.214. The molecule has 0 unspecified atom stereocenters. The third-order valence-corrected chi connectivity index (χ3v) is 4.54. The zero-order valence-corrected chi connectivity index (χ0v) is 12.7. The Bertz CT molecular complexity index is 879. The first-order valence-electron chi connectivity index (χ1n) is 6.90. The molecule has 110 valence electrons. The van der Waals surface area contributed by atoms with Crippen LogP contribution in [0, 0.1) is 0 Å². The molecule has 0 aliphatic heterocycles. The molecule has 0 aliphatic carbocycles. The van der Waals surface area contributed by atoms with Gasteiger partial charge in [-0.3, -0.25) is 0 Å². The summed E-state index contributed by atoms with van der Waals surface area (Å²) in [5.41, 5.74) is 1.19. The number of benzene rings is 1. The number of nitrogens with zero attached hydrogens (tertiary/aromatic N) is 7. The molecule has 1 atom stereocenters. The van der Waals surface area contributed by atoms with Crippen molar-refractivity contribution in [2.24, 2.45) is 0 Å². The van der Waals surface area contributed by atoms with Crippen molar-refractivity contribution in [3.63, 3.8) is 0 Å². The van der Waals surface area contributed by atoms with Crippen molar-refractivity contribution in [1.29, 1.82) is 0 Å². The number of aromatic nitrogens is 7. The summed E-state index contributed by atoms with van der Waals surface area (Å²) in [7, 11) is 0. The van der Waals surface area contributed by atoms with Crippen LogP contribution in [0.15, 0.2) is 43.0 Å². The van der Waals surface area contributed by atoms with Crippen LogP contribution in [-0.4, -0.2) is 34.6 Å². The number of hydrogen-bond donors (Lipinski definition) is 0. The minimum atomic E-state index is 0.0266. The molecule has 8 heteroatoms. The van der Waals surface area contributed by atoms with Gasteiger partial charge < -0.3 is 0 Å². The van der Waals surface area contributed by atoms with Crippen LogP contribution in [0.2, 0.25) is 0 Å². The molecule has 0 bridgehead atoms. The van der Waals surface area contributed by atoms with Crippen LogP contribution in [0.3, 0.4) is 0 Å². The summed E-state index contributed by atoms with van der Waals surface area (Å²) >= 11 is 1.52. The molecule has 0 N–H and O–H groups in total. The van der Waals surface area contributed by atoms with Crippen molar-refractivity contribution in [2.75, 3.05) is 0 Å². The summed E-state index contributed by atoms with van der Waals surface area (Å²) < 4.78 is 3.60. The molecule has 0 fully saturated rings. The Kier molecular flexibility index (Phi) is 3.15. The highest BCUT2D eigenvalue weighted by Crippen LogP contribution is 2.23. The fourth-order valence-corrected chi connectivity index (χ4v) is 3.16. The van der Waals surface area contributed by atoms with E-state index in [4.69, 9.17) is 0 Å². The van der Waals surface area contributed by atoms with E-state index in [2.05, 4.69) is 37.5 Å². The molecule has 0 saturated heterocycles. The Balaban J connectivity index is 1.67. The van der Waals surface area contributed by atoms with Gasteiger partial charge in [0, 0.05) is 6.42 Å². The third kappa shape index (κ3) is 2.27. The Hall–Kier alpha value is -2.61. The lowest BCUT2D eigenvalue weighted by Gasteiger charge is -2.06. The van der Waals surface area contributed by atoms with Crippen molar-refractivity contribution in [3.8, 4) is 0 Å². The van der Waals surface area contributed by atoms with Gasteiger partial charge in [0.25, 0.3) is 0 Å². The first-order valence-corrected chi connectivity index (χ1v) is 7.72. The predicted octanol–water partition coefficient (Wildman–Crippen LogP) is 1.98. The second-order valence-corrected chi connectivity index (χ2v) is 5.95. The molecular weight excluding hydrogens is 298 g/mol. The van der Waals surface area contributed by atoms with E-state index in [9.17, 15) is 0 Å². The van der Waals surface area contributed by atoms with Gasteiger partial charge in [0.2, 0.25) is 4.96 Å². The molecule has 4 rings (SSSR count). The van der Waals surface area contributed by atoms with Gasteiger partial charge in [0.1, 0.15) is 23.7 Å². The van der Waals surface area contributed by atoms with Crippen LogP contribution in [0.1, 0.15) is 29.4 Å². The SMILES string of the molecule is C[C@H](c1nn2c(Cc3ccccc3)nnc2s1)n1cncn1. The molecule has 22 heavy (non-hydrogen) atoms. The van der Waals surface area contributed by atoms with Crippen molar-refractivity contribution in [1.82, 2.24) is 34.6 Å². The van der Waals surface area contributed by atoms with Crippen molar-refractivity contribution >= 4 is 16.3 Å². The van der Waals surface area contributed by atoms with Crippen LogP contribution >= 0.6 is 11.3 Å². The summed E-state index contributed by atoms with van der Waals surface area (Å²) in [6.45, 7) is 2.04. The summed E-state index contributed by atoms with van der Waals surface area (Å²) in [5, 5.41) is 18.2. The summed E-state index contributed by atoms with van der Waals surface area (Å²) in [5.74, 6) is 0.842. The Labute approximate surface area is 130 Å². The van der Waals surface area contributed by atoms with Gasteiger partial charge >= 0.3 is 0 Å². The molecular formula is C14H13N7S. The van der Waals surface area contributed by atoms with Gasteiger partial charge in [-0.25, -0.2) is 9.67 Å². The molecule has 0 spiro atoms. The van der Waals surface area contributed by atoms with Gasteiger partial charge in [-0.2, -0.15) is 14.7 Å². The Morgan fingerprint density at radius 3 is 2.82 bits per heavy atom. The number of fused-ring (bicyclic) bond motifs is 1. The largest absolute Gasteiger partial charge is 0.243 e. The molecule has 7 nitrogen and oxygen atoms in total. The van der Waals surface area contributed by atoms with E-state index >= 15 is 0 Å². The molecule has 0 saturated carbocycles. The van der Waals surface area contributed by atoms with Gasteiger partial charge in [-0.1, -0.05) is 41.7 Å². The van der Waals surface area contributed by atoms with Gasteiger partial charge in [0.05, 0.1) is 0 Å². The van der Waals surface area contributed by atoms with Crippen LogP contribution in [0.5, 0.6) is 0 Å². The standard InChI is InChI=1S/C14H13N7S/c1-10(20-9-15-8-16-20)13-19-21-12(17-18-14(21)22-13)7-11-5-3-2-4-6-11/h2-6,8-10H,7H2,1H3/t10-/m1/s1. The molecule has 3 aromatic heterocycles. The fourth-order valence-electron chi connectivity index (χ4n) is 2.26. The summed E-state index contributed by atoms with van der Waals surface area (Å²) in [4.78, 5) is 4.78. The van der Waals surface area contributed by atoms with Crippen LogP contribution in [-0.2, 0) is 6.42 Å². The lowest BCUT2D eigenvalue weighted by Crippen LogP contribution is -2.08. The van der Waals surface area contributed by atoms with Crippen molar-refractivity contribution in [3.05, 3.63) is 59.4 Å². The molecule has 3 heterocycles. The van der Waals surface area contributed by atoms with E-state index in [0.29, 0.717) is 6.42 Å². The van der Waals surface area contributed by atoms with Crippen molar-refractivity contribution in [2.45, 2.75) is 19.4 Å². The van der Waals surface area contributed by atoms with Gasteiger partial charge in [0.15, 0.2) is 5.82 Å². The lowest BCUT2D eigenvalue weighted by atomic mass is 10.1. The Morgan fingerprint density at radius 1 is 1.18 bits per heavy atom. The maximum Gasteiger partial charge on any atom is 0.234 e. The first-order chi connectivity index (χ1) is 10.8. The van der Waals surface area contributed by atoms with E-state index in [1.165, 1.54) is 23.2 Å². The van der Waals surface area contributed by atoms with Crippen LogP contribution in [0.4, 0.5) is 0 Å². The minimum Gasteiger partial charge on any atom is -0.243 e. The van der Waals surface area contributed by atoms with E-state index in [0.717, 1.165) is 15.8 Å². The maximum atomic E-state index is 4.65. The van der Waals surface area contributed by atoms with Crippen molar-refractivity contribution < 1.29 is 0 Å². The first kappa shape index (κ1) is 13.1. The number of rotatable bonds is 4. The molecule has 0 amide bonds. The second-order valence-electron chi connectivity index (χ2n) is 4.96. The quantitative estimate of drug-likeness (QED) is 0.576. The van der Waals surface area contributed by atoms with E-state index in [-0.39, 0.29) is 6.04 Å². The Morgan fingerprint density at radius 2 is 2.05 bits per heavy atom. The average molecular weight is 311 g/mol. The molecule has 4 aromatic rings. The van der Waals surface area contributed by atoms with Crippen LogP contribution in [0.25, 0.3) is 4.96 Å². The monoisotopic (exact) mass is 311 g/mol. The molecule has 1 aromatic carbocycles.